The highest BCUT2D eigenvalue weighted by atomic mass is 16.5. The molecule has 0 aliphatic heterocycles. The lowest BCUT2D eigenvalue weighted by Crippen LogP contribution is -2.41. The molecule has 0 radical (unpaired) electrons. The van der Waals surface area contributed by atoms with Crippen LogP contribution < -0.4 is 15.4 Å². The van der Waals surface area contributed by atoms with Gasteiger partial charge in [0.25, 0.3) is 0 Å². The minimum Gasteiger partial charge on any atom is -0.492 e. The van der Waals surface area contributed by atoms with E-state index >= 15 is 0 Å². The summed E-state index contributed by atoms with van der Waals surface area (Å²) in [5, 5.41) is 9.17. The van der Waals surface area contributed by atoms with Gasteiger partial charge in [-0.2, -0.15) is 0 Å². The van der Waals surface area contributed by atoms with Gasteiger partial charge in [0.2, 0.25) is 5.91 Å². The number of anilines is 2. The summed E-state index contributed by atoms with van der Waals surface area (Å²) in [7, 11) is 0. The van der Waals surface area contributed by atoms with E-state index < -0.39 is 6.03 Å². The summed E-state index contributed by atoms with van der Waals surface area (Å²) in [6, 6.07) is 8.36. The molecule has 1 heterocycles. The Balaban J connectivity index is 2.03. The number of carbonyl (C=O) groups is 2. The van der Waals surface area contributed by atoms with Crippen LogP contribution >= 0.6 is 0 Å². The first-order chi connectivity index (χ1) is 14.0. The van der Waals surface area contributed by atoms with Crippen LogP contribution in [0.1, 0.15) is 26.0 Å². The zero-order chi connectivity index (χ0) is 21.1. The van der Waals surface area contributed by atoms with Gasteiger partial charge >= 0.3 is 6.03 Å². The Hall–Kier alpha value is -3.07. The molecular formula is C20H28N4O5. The highest BCUT2D eigenvalue weighted by Gasteiger charge is 2.19. The van der Waals surface area contributed by atoms with E-state index in [0.717, 1.165) is 0 Å². The van der Waals surface area contributed by atoms with Crippen LogP contribution in [0.25, 0.3) is 0 Å². The van der Waals surface area contributed by atoms with Crippen LogP contribution in [-0.4, -0.2) is 54.9 Å². The van der Waals surface area contributed by atoms with Crippen molar-refractivity contribution in [3.8, 4) is 5.75 Å². The van der Waals surface area contributed by atoms with Crippen molar-refractivity contribution in [3.05, 3.63) is 36.1 Å². The third-order valence-corrected chi connectivity index (χ3v) is 3.87. The number of hydrogen-bond donors (Lipinski definition) is 2. The topological polar surface area (TPSA) is 106 Å². The lowest BCUT2D eigenvalue weighted by atomic mass is 10.3. The first-order valence-electron chi connectivity index (χ1n) is 9.62. The van der Waals surface area contributed by atoms with Crippen LogP contribution in [0, 0.1) is 6.92 Å². The Morgan fingerprint density at radius 3 is 2.66 bits per heavy atom. The number of nitrogens with zero attached hydrogens (tertiary/aromatic N) is 2. The second-order valence-electron chi connectivity index (χ2n) is 6.20. The molecule has 2 rings (SSSR count). The number of hydrogen-bond acceptors (Lipinski definition) is 6. The van der Waals surface area contributed by atoms with Crippen LogP contribution in [0.5, 0.6) is 5.75 Å². The summed E-state index contributed by atoms with van der Waals surface area (Å²) in [5.74, 6) is 1.09. The Bertz CT molecular complexity index is 793. The van der Waals surface area contributed by atoms with E-state index in [-0.39, 0.29) is 12.5 Å². The molecule has 0 fully saturated rings. The SMILES string of the molecule is CCOCCCN(CC(=O)Nc1cc(C)on1)C(=O)Nc1ccccc1OCC. The molecule has 158 valence electrons. The molecular weight excluding hydrogens is 376 g/mol. The van der Waals surface area contributed by atoms with Crippen molar-refractivity contribution in [1.29, 1.82) is 0 Å². The molecule has 0 saturated carbocycles. The molecule has 2 N–H and O–H groups in total. The molecule has 0 spiro atoms. The zero-order valence-electron chi connectivity index (χ0n) is 17.1. The molecule has 0 bridgehead atoms. The number of aromatic nitrogens is 1. The molecule has 0 aliphatic rings. The van der Waals surface area contributed by atoms with Crippen LogP contribution in [-0.2, 0) is 9.53 Å². The molecule has 0 unspecified atom stereocenters. The molecule has 2 aromatic rings. The summed E-state index contributed by atoms with van der Waals surface area (Å²) in [6.45, 7) is 7.29. The second kappa shape index (κ2) is 11.7. The van der Waals surface area contributed by atoms with Crippen molar-refractivity contribution < 1.29 is 23.6 Å². The molecule has 0 saturated heterocycles. The summed E-state index contributed by atoms with van der Waals surface area (Å²) >= 11 is 0. The number of aryl methyl sites for hydroxylation is 1. The molecule has 9 nitrogen and oxygen atoms in total. The number of ether oxygens (including phenoxy) is 2. The largest absolute Gasteiger partial charge is 0.492 e. The number of carbonyl (C=O) groups excluding carboxylic acids is 2. The summed E-state index contributed by atoms with van der Waals surface area (Å²) in [4.78, 5) is 26.6. The van der Waals surface area contributed by atoms with Gasteiger partial charge in [-0.15, -0.1) is 0 Å². The van der Waals surface area contributed by atoms with Crippen molar-refractivity contribution in [2.45, 2.75) is 27.2 Å². The van der Waals surface area contributed by atoms with E-state index in [2.05, 4.69) is 15.8 Å². The van der Waals surface area contributed by atoms with Gasteiger partial charge in [-0.1, -0.05) is 17.3 Å². The maximum atomic E-state index is 12.8. The van der Waals surface area contributed by atoms with Gasteiger partial charge in [-0.05, 0) is 39.3 Å². The Morgan fingerprint density at radius 2 is 1.97 bits per heavy atom. The van der Waals surface area contributed by atoms with E-state index in [1.165, 1.54) is 4.90 Å². The molecule has 3 amide bonds. The molecule has 1 aromatic heterocycles. The smallest absolute Gasteiger partial charge is 0.322 e. The van der Waals surface area contributed by atoms with E-state index in [1.807, 2.05) is 19.9 Å². The highest BCUT2D eigenvalue weighted by Crippen LogP contribution is 2.24. The van der Waals surface area contributed by atoms with Crippen LogP contribution in [0.3, 0.4) is 0 Å². The fraction of sp³-hybridized carbons (Fsp3) is 0.450. The number of nitrogens with one attached hydrogen (secondary N) is 2. The minimum absolute atomic E-state index is 0.138. The number of urea groups is 1. The normalized spacial score (nSPS) is 10.4. The van der Waals surface area contributed by atoms with E-state index in [4.69, 9.17) is 14.0 Å². The minimum atomic E-state index is -0.403. The summed E-state index contributed by atoms with van der Waals surface area (Å²) in [5.41, 5.74) is 0.543. The van der Waals surface area contributed by atoms with Gasteiger partial charge in [0, 0.05) is 25.8 Å². The average Bonchev–Trinajstić information content (AvgIpc) is 3.10. The predicted octanol–water partition coefficient (Wildman–Crippen LogP) is 3.28. The van der Waals surface area contributed by atoms with Gasteiger partial charge in [0.1, 0.15) is 18.1 Å². The maximum absolute atomic E-state index is 12.8. The van der Waals surface area contributed by atoms with Gasteiger partial charge in [-0.3, -0.25) is 4.79 Å². The molecule has 29 heavy (non-hydrogen) atoms. The lowest BCUT2D eigenvalue weighted by Gasteiger charge is -2.23. The fourth-order valence-electron chi connectivity index (χ4n) is 2.58. The van der Waals surface area contributed by atoms with E-state index in [1.54, 1.807) is 31.2 Å². The number of amides is 3. The van der Waals surface area contributed by atoms with Crippen molar-refractivity contribution in [3.63, 3.8) is 0 Å². The van der Waals surface area contributed by atoms with Crippen LogP contribution in [0.2, 0.25) is 0 Å². The Morgan fingerprint density at radius 1 is 1.17 bits per heavy atom. The van der Waals surface area contributed by atoms with Gasteiger partial charge in [0.15, 0.2) is 5.82 Å². The monoisotopic (exact) mass is 404 g/mol. The van der Waals surface area contributed by atoms with Gasteiger partial charge in [0.05, 0.1) is 12.3 Å². The fourth-order valence-corrected chi connectivity index (χ4v) is 2.58. The van der Waals surface area contributed by atoms with Gasteiger partial charge < -0.3 is 29.5 Å². The molecule has 9 heteroatoms. The first kappa shape index (κ1) is 22.2. The van der Waals surface area contributed by atoms with Crippen molar-refractivity contribution in [2.24, 2.45) is 0 Å². The summed E-state index contributed by atoms with van der Waals surface area (Å²) in [6.07, 6.45) is 0.602. The highest BCUT2D eigenvalue weighted by molar-refractivity contribution is 5.97. The van der Waals surface area contributed by atoms with Gasteiger partial charge in [-0.25, -0.2) is 4.79 Å². The van der Waals surface area contributed by atoms with Crippen LogP contribution in [0.4, 0.5) is 16.3 Å². The van der Waals surface area contributed by atoms with E-state index in [9.17, 15) is 9.59 Å². The number of benzene rings is 1. The van der Waals surface area contributed by atoms with Crippen molar-refractivity contribution >= 4 is 23.4 Å². The maximum Gasteiger partial charge on any atom is 0.322 e. The average molecular weight is 404 g/mol. The van der Waals surface area contributed by atoms with Crippen LogP contribution in [0.15, 0.2) is 34.9 Å². The molecule has 1 aromatic carbocycles. The Kier molecular flexibility index (Phi) is 8.97. The first-order valence-corrected chi connectivity index (χ1v) is 9.62. The third kappa shape index (κ3) is 7.46. The molecule has 0 aliphatic carbocycles. The standard InChI is InChI=1S/C20H28N4O5/c1-4-27-12-8-11-24(14-19(25)22-18-13-15(3)29-23-18)20(26)21-16-9-6-7-10-17(16)28-5-2/h6-7,9-10,13H,4-5,8,11-12,14H2,1-3H3,(H,21,26)(H,22,23,25). The third-order valence-electron chi connectivity index (χ3n) is 3.87. The molecule has 0 atom stereocenters. The predicted molar refractivity (Wildman–Crippen MR) is 109 cm³/mol. The summed E-state index contributed by atoms with van der Waals surface area (Å²) < 4.78 is 15.8. The van der Waals surface area contributed by atoms with E-state index in [0.29, 0.717) is 55.8 Å². The number of para-hydroxylation sites is 2. The quantitative estimate of drug-likeness (QED) is 0.557. The zero-order valence-corrected chi connectivity index (χ0v) is 17.1. The lowest BCUT2D eigenvalue weighted by molar-refractivity contribution is -0.116. The number of rotatable bonds is 11. The van der Waals surface area contributed by atoms with Crippen molar-refractivity contribution in [1.82, 2.24) is 10.1 Å². The van der Waals surface area contributed by atoms with Crippen molar-refractivity contribution in [2.75, 3.05) is 43.5 Å². The Labute approximate surface area is 170 Å². The second-order valence-corrected chi connectivity index (χ2v) is 6.20.